The topological polar surface area (TPSA) is 37.8 Å². The second kappa shape index (κ2) is 9.73. The summed E-state index contributed by atoms with van der Waals surface area (Å²) in [4.78, 5) is 8.61. The van der Waals surface area contributed by atoms with Crippen molar-refractivity contribution < 1.29 is 0 Å². The molecule has 0 radical (unpaired) electrons. The fourth-order valence-electron chi connectivity index (χ4n) is 2.57. The first-order valence-electron chi connectivity index (χ1n) is 8.25. The van der Waals surface area contributed by atoms with Crippen molar-refractivity contribution in [2.75, 3.05) is 5.32 Å². The van der Waals surface area contributed by atoms with Gasteiger partial charge in [0.1, 0.15) is 0 Å². The molecule has 0 aliphatic carbocycles. The monoisotopic (exact) mass is 277 g/mol. The Kier molecular flexibility index (Phi) is 8.24. The van der Waals surface area contributed by atoms with E-state index in [1.165, 1.54) is 57.8 Å². The highest BCUT2D eigenvalue weighted by Gasteiger charge is 2.23. The van der Waals surface area contributed by atoms with Crippen molar-refractivity contribution in [2.45, 2.75) is 84.1 Å². The van der Waals surface area contributed by atoms with E-state index in [2.05, 4.69) is 36.1 Å². The molecule has 3 heteroatoms. The van der Waals surface area contributed by atoms with Gasteiger partial charge < -0.3 is 5.32 Å². The van der Waals surface area contributed by atoms with Gasteiger partial charge in [-0.3, -0.25) is 0 Å². The zero-order chi connectivity index (χ0) is 14.7. The molecule has 0 aromatic carbocycles. The maximum absolute atomic E-state index is 4.31. The van der Waals surface area contributed by atoms with E-state index in [1.54, 1.807) is 12.4 Å². The minimum atomic E-state index is 0.129. The summed E-state index contributed by atoms with van der Waals surface area (Å²) in [5.74, 6) is 0.764. The Balaban J connectivity index is 2.47. The van der Waals surface area contributed by atoms with Crippen LogP contribution >= 0.6 is 0 Å². The van der Waals surface area contributed by atoms with Gasteiger partial charge in [0.15, 0.2) is 0 Å². The van der Waals surface area contributed by atoms with Crippen LogP contribution in [0.5, 0.6) is 0 Å². The normalized spacial score (nSPS) is 13.9. The average molecular weight is 277 g/mol. The zero-order valence-electron chi connectivity index (χ0n) is 13.5. The fourth-order valence-corrected chi connectivity index (χ4v) is 2.57. The van der Waals surface area contributed by atoms with Crippen molar-refractivity contribution >= 4 is 5.95 Å². The summed E-state index contributed by atoms with van der Waals surface area (Å²) in [6.45, 7) is 6.83. The van der Waals surface area contributed by atoms with E-state index in [9.17, 15) is 0 Å². The van der Waals surface area contributed by atoms with Gasteiger partial charge in [-0.1, -0.05) is 58.8 Å². The Bertz CT molecular complexity index is 339. The van der Waals surface area contributed by atoms with Gasteiger partial charge in [0, 0.05) is 17.9 Å². The Labute approximate surface area is 124 Å². The van der Waals surface area contributed by atoms with Gasteiger partial charge in [-0.2, -0.15) is 0 Å². The van der Waals surface area contributed by atoms with Crippen molar-refractivity contribution in [3.63, 3.8) is 0 Å². The molecule has 0 fully saturated rings. The third-order valence-corrected chi connectivity index (χ3v) is 3.89. The number of anilines is 1. The molecule has 1 N–H and O–H groups in total. The van der Waals surface area contributed by atoms with E-state index >= 15 is 0 Å². The van der Waals surface area contributed by atoms with Gasteiger partial charge in [0.25, 0.3) is 0 Å². The predicted molar refractivity (Wildman–Crippen MR) is 87.0 cm³/mol. The molecular weight excluding hydrogens is 246 g/mol. The third kappa shape index (κ3) is 6.88. The van der Waals surface area contributed by atoms with Crippen LogP contribution in [-0.4, -0.2) is 15.5 Å². The van der Waals surface area contributed by atoms with Crippen LogP contribution in [0.3, 0.4) is 0 Å². The van der Waals surface area contributed by atoms with Gasteiger partial charge in [-0.15, -0.1) is 0 Å². The van der Waals surface area contributed by atoms with E-state index < -0.39 is 0 Å². The standard InChI is InChI=1S/C17H31N3/c1-4-6-8-9-10-13-17(3,12-7-5-2)20-16-18-14-11-15-19-16/h11,14-15H,4-10,12-13H2,1-3H3,(H,18,19,20). The lowest BCUT2D eigenvalue weighted by molar-refractivity contribution is 0.398. The first-order valence-corrected chi connectivity index (χ1v) is 8.25. The molecule has 0 saturated heterocycles. The van der Waals surface area contributed by atoms with Crippen molar-refractivity contribution in [3.8, 4) is 0 Å². The fraction of sp³-hybridized carbons (Fsp3) is 0.765. The SMILES string of the molecule is CCCCCCCC(C)(CCCC)Nc1ncccn1. The van der Waals surface area contributed by atoms with Crippen LogP contribution in [0.25, 0.3) is 0 Å². The predicted octanol–water partition coefficient (Wildman–Crippen LogP) is 5.20. The first-order chi connectivity index (χ1) is 9.70. The quantitative estimate of drug-likeness (QED) is 0.565. The maximum Gasteiger partial charge on any atom is 0.222 e. The summed E-state index contributed by atoms with van der Waals surface area (Å²) in [6, 6.07) is 1.86. The molecule has 3 nitrogen and oxygen atoms in total. The van der Waals surface area contributed by atoms with Crippen molar-refractivity contribution in [1.29, 1.82) is 0 Å². The number of rotatable bonds is 11. The van der Waals surface area contributed by atoms with E-state index in [0.29, 0.717) is 0 Å². The summed E-state index contributed by atoms with van der Waals surface area (Å²) in [7, 11) is 0. The molecule has 0 bridgehead atoms. The number of nitrogens with zero attached hydrogens (tertiary/aromatic N) is 2. The highest BCUT2D eigenvalue weighted by molar-refractivity contribution is 5.27. The molecule has 20 heavy (non-hydrogen) atoms. The summed E-state index contributed by atoms with van der Waals surface area (Å²) < 4.78 is 0. The lowest BCUT2D eigenvalue weighted by Gasteiger charge is -2.31. The molecule has 1 atom stereocenters. The summed E-state index contributed by atoms with van der Waals surface area (Å²) in [5, 5.41) is 3.56. The van der Waals surface area contributed by atoms with Crippen molar-refractivity contribution in [2.24, 2.45) is 0 Å². The van der Waals surface area contributed by atoms with Crippen LogP contribution in [0.15, 0.2) is 18.5 Å². The number of unbranched alkanes of at least 4 members (excludes halogenated alkanes) is 5. The highest BCUT2D eigenvalue weighted by atomic mass is 15.1. The molecule has 0 amide bonds. The van der Waals surface area contributed by atoms with E-state index in [-0.39, 0.29) is 5.54 Å². The molecular formula is C17H31N3. The zero-order valence-corrected chi connectivity index (χ0v) is 13.5. The molecule has 0 aliphatic rings. The Morgan fingerprint density at radius 3 is 2.15 bits per heavy atom. The molecule has 0 spiro atoms. The second-order valence-corrected chi connectivity index (χ2v) is 6.03. The molecule has 114 valence electrons. The molecule has 1 unspecified atom stereocenters. The molecule has 1 rings (SSSR count). The Hall–Kier alpha value is -1.12. The van der Waals surface area contributed by atoms with Crippen LogP contribution in [0.2, 0.25) is 0 Å². The lowest BCUT2D eigenvalue weighted by Crippen LogP contribution is -2.35. The van der Waals surface area contributed by atoms with Gasteiger partial charge >= 0.3 is 0 Å². The van der Waals surface area contributed by atoms with Crippen LogP contribution in [-0.2, 0) is 0 Å². The molecule has 0 saturated carbocycles. The number of aromatic nitrogens is 2. The smallest absolute Gasteiger partial charge is 0.222 e. The average Bonchev–Trinajstić information content (AvgIpc) is 2.46. The number of nitrogens with one attached hydrogen (secondary N) is 1. The second-order valence-electron chi connectivity index (χ2n) is 6.03. The van der Waals surface area contributed by atoms with Crippen LogP contribution in [0, 0.1) is 0 Å². The summed E-state index contributed by atoms with van der Waals surface area (Å²) in [6.07, 6.45) is 15.2. The highest BCUT2D eigenvalue weighted by Crippen LogP contribution is 2.25. The largest absolute Gasteiger partial charge is 0.349 e. The van der Waals surface area contributed by atoms with E-state index in [0.717, 1.165) is 5.95 Å². The minimum Gasteiger partial charge on any atom is -0.349 e. The van der Waals surface area contributed by atoms with Crippen LogP contribution < -0.4 is 5.32 Å². The minimum absolute atomic E-state index is 0.129. The number of hydrogen-bond donors (Lipinski definition) is 1. The third-order valence-electron chi connectivity index (χ3n) is 3.89. The molecule has 1 heterocycles. The Morgan fingerprint density at radius 1 is 0.900 bits per heavy atom. The molecule has 1 aromatic heterocycles. The Morgan fingerprint density at radius 2 is 1.50 bits per heavy atom. The van der Waals surface area contributed by atoms with Gasteiger partial charge in [0.2, 0.25) is 5.95 Å². The maximum atomic E-state index is 4.31. The number of hydrogen-bond acceptors (Lipinski definition) is 3. The summed E-state index contributed by atoms with van der Waals surface area (Å²) in [5.41, 5.74) is 0.129. The van der Waals surface area contributed by atoms with Crippen molar-refractivity contribution in [3.05, 3.63) is 18.5 Å². The summed E-state index contributed by atoms with van der Waals surface area (Å²) >= 11 is 0. The van der Waals surface area contributed by atoms with Gasteiger partial charge in [-0.25, -0.2) is 9.97 Å². The first kappa shape index (κ1) is 16.9. The van der Waals surface area contributed by atoms with E-state index in [1.807, 2.05) is 6.07 Å². The lowest BCUT2D eigenvalue weighted by atomic mass is 9.88. The van der Waals surface area contributed by atoms with E-state index in [4.69, 9.17) is 0 Å². The van der Waals surface area contributed by atoms with Crippen molar-refractivity contribution in [1.82, 2.24) is 9.97 Å². The molecule has 1 aromatic rings. The van der Waals surface area contributed by atoms with Crippen LogP contribution in [0.1, 0.15) is 78.6 Å². The molecule has 0 aliphatic heterocycles. The van der Waals surface area contributed by atoms with Gasteiger partial charge in [-0.05, 0) is 25.8 Å². The van der Waals surface area contributed by atoms with Gasteiger partial charge in [0.05, 0.1) is 0 Å². The van der Waals surface area contributed by atoms with Crippen LogP contribution in [0.4, 0.5) is 5.95 Å².